The number of rotatable bonds is 8. The van der Waals surface area contributed by atoms with Gasteiger partial charge in [0, 0.05) is 18.7 Å². The molecule has 2 bridgehead atoms. The van der Waals surface area contributed by atoms with Crippen LogP contribution in [0.4, 0.5) is 0 Å². The Morgan fingerprint density at radius 3 is 2.36 bits per heavy atom. The van der Waals surface area contributed by atoms with E-state index in [0.717, 1.165) is 19.3 Å². The van der Waals surface area contributed by atoms with Crippen molar-refractivity contribution >= 4 is 17.8 Å². The molecule has 0 heterocycles. The van der Waals surface area contributed by atoms with Gasteiger partial charge in [-0.25, -0.2) is 0 Å². The quantitative estimate of drug-likeness (QED) is 0.448. The highest BCUT2D eigenvalue weighted by Crippen LogP contribution is 2.49. The van der Waals surface area contributed by atoms with Gasteiger partial charge in [0.25, 0.3) is 5.91 Å². The summed E-state index contributed by atoms with van der Waals surface area (Å²) in [6.07, 6.45) is 4.67. The van der Waals surface area contributed by atoms with E-state index in [-0.39, 0.29) is 69.8 Å². The molecule has 1 aromatic carbocycles. The molecule has 1 unspecified atom stereocenters. The van der Waals surface area contributed by atoms with Crippen LogP contribution >= 0.6 is 0 Å². The molecule has 4 rings (SSSR count). The fraction of sp³-hybridized carbons (Fsp3) is 0.667. The summed E-state index contributed by atoms with van der Waals surface area (Å²) in [6.45, 7) is 8.53. The lowest BCUT2D eigenvalue weighted by molar-refractivity contribution is -0.150. The molecule has 39 heavy (non-hydrogen) atoms. The largest absolute Gasteiger partial charge is 0.496 e. The molecule has 3 fully saturated rings. The minimum Gasteiger partial charge on any atom is -0.496 e. The van der Waals surface area contributed by atoms with Crippen molar-refractivity contribution < 1.29 is 29.0 Å². The Morgan fingerprint density at radius 1 is 1.10 bits per heavy atom. The second-order valence-corrected chi connectivity index (χ2v) is 13.0. The minimum absolute atomic E-state index is 0.0103. The number of carboxylic acid groups (broad SMARTS) is 1. The Balaban J connectivity index is 1.52. The highest BCUT2D eigenvalue weighted by molar-refractivity contribution is 5.98. The van der Waals surface area contributed by atoms with E-state index < -0.39 is 11.4 Å². The summed E-state index contributed by atoms with van der Waals surface area (Å²) in [5, 5.41) is 25.5. The number of ether oxygens (including phenoxy) is 2. The lowest BCUT2D eigenvalue weighted by Gasteiger charge is -2.34. The molecule has 9 heteroatoms. The molecule has 0 spiro atoms. The lowest BCUT2D eigenvalue weighted by atomic mass is 9.75. The van der Waals surface area contributed by atoms with Gasteiger partial charge in [0.1, 0.15) is 17.6 Å². The van der Waals surface area contributed by atoms with Crippen molar-refractivity contribution in [3.05, 3.63) is 23.3 Å². The summed E-state index contributed by atoms with van der Waals surface area (Å²) < 4.78 is 11.6. The van der Waals surface area contributed by atoms with Gasteiger partial charge in [-0.2, -0.15) is 5.26 Å². The molecule has 3 aliphatic carbocycles. The number of fused-ring (bicyclic) bond motifs is 2. The van der Waals surface area contributed by atoms with E-state index in [0.29, 0.717) is 32.2 Å². The van der Waals surface area contributed by atoms with Crippen molar-refractivity contribution in [2.75, 3.05) is 13.7 Å². The van der Waals surface area contributed by atoms with Crippen LogP contribution in [0.15, 0.2) is 12.1 Å². The molecule has 3 aliphatic rings. The number of carboxylic acids is 1. The number of nitrogens with one attached hydrogen (secondary N) is 2. The summed E-state index contributed by atoms with van der Waals surface area (Å²) in [4.78, 5) is 38.4. The Labute approximate surface area is 230 Å². The summed E-state index contributed by atoms with van der Waals surface area (Å²) in [5.41, 5.74) is -0.328. The molecule has 0 aromatic heterocycles. The van der Waals surface area contributed by atoms with Crippen LogP contribution in [0.5, 0.6) is 11.5 Å². The van der Waals surface area contributed by atoms with Crippen LogP contribution in [0, 0.1) is 39.9 Å². The Morgan fingerprint density at radius 2 is 1.77 bits per heavy atom. The number of aliphatic carboxylic acids is 1. The van der Waals surface area contributed by atoms with Crippen LogP contribution in [0.1, 0.15) is 88.6 Å². The molecule has 0 saturated heterocycles. The van der Waals surface area contributed by atoms with Crippen molar-refractivity contribution in [2.24, 2.45) is 28.6 Å². The molecule has 0 radical (unpaired) electrons. The Kier molecular flexibility index (Phi) is 8.15. The van der Waals surface area contributed by atoms with E-state index in [9.17, 15) is 24.8 Å². The first kappa shape index (κ1) is 28.7. The van der Waals surface area contributed by atoms with Crippen LogP contribution < -0.4 is 20.1 Å². The summed E-state index contributed by atoms with van der Waals surface area (Å²) in [6, 6.07) is 4.89. The zero-order valence-electron chi connectivity index (χ0n) is 23.6. The number of hydrogen-bond acceptors (Lipinski definition) is 6. The molecule has 0 aliphatic heterocycles. The zero-order valence-corrected chi connectivity index (χ0v) is 23.6. The van der Waals surface area contributed by atoms with Crippen LogP contribution in [0.2, 0.25) is 0 Å². The monoisotopic (exact) mass is 539 g/mol. The second kappa shape index (κ2) is 11.1. The van der Waals surface area contributed by atoms with Crippen LogP contribution in [-0.4, -0.2) is 48.7 Å². The van der Waals surface area contributed by atoms with E-state index in [1.807, 2.05) is 0 Å². The third-order valence-electron chi connectivity index (χ3n) is 8.82. The first-order valence-corrected chi connectivity index (χ1v) is 14.0. The number of hydrogen-bond donors (Lipinski definition) is 3. The van der Waals surface area contributed by atoms with E-state index in [1.54, 1.807) is 13.0 Å². The van der Waals surface area contributed by atoms with Crippen LogP contribution in [-0.2, 0) is 9.59 Å². The van der Waals surface area contributed by atoms with Gasteiger partial charge in [-0.3, -0.25) is 14.4 Å². The predicted octanol–water partition coefficient (Wildman–Crippen LogP) is 4.29. The molecule has 3 N–H and O–H groups in total. The smallest absolute Gasteiger partial charge is 0.309 e. The van der Waals surface area contributed by atoms with Gasteiger partial charge in [0.15, 0.2) is 0 Å². The molecule has 2 amide bonds. The van der Waals surface area contributed by atoms with Gasteiger partial charge in [0.05, 0.1) is 35.7 Å². The fourth-order valence-electron chi connectivity index (χ4n) is 6.41. The van der Waals surface area contributed by atoms with E-state index in [4.69, 9.17) is 9.47 Å². The van der Waals surface area contributed by atoms with Crippen LogP contribution in [0.25, 0.3) is 0 Å². The molecule has 9 nitrogen and oxygen atoms in total. The van der Waals surface area contributed by atoms with E-state index in [2.05, 4.69) is 37.5 Å². The topological polar surface area (TPSA) is 138 Å². The maximum Gasteiger partial charge on any atom is 0.309 e. The molecule has 1 aromatic rings. The maximum absolute atomic E-state index is 13.6. The first-order chi connectivity index (χ1) is 18.3. The Hall–Kier alpha value is -3.28. The SMILES string of the molecule is COc1cc(C#N)c(O[C@H]2CC[C@@](C)(C(=O)O)CC2)cc1C(=O)N[C@H]1C(C(=O)NCC(C)(C)C)[C@@H]2CC[C@H]1C2. The normalized spacial score (nSPS) is 29.8. The van der Waals surface area contributed by atoms with E-state index >= 15 is 0 Å². The van der Waals surface area contributed by atoms with Crippen molar-refractivity contribution in [1.82, 2.24) is 10.6 Å². The molecular weight excluding hydrogens is 498 g/mol. The summed E-state index contributed by atoms with van der Waals surface area (Å²) in [5.74, 6) is -0.428. The lowest BCUT2D eigenvalue weighted by Crippen LogP contribution is -2.50. The van der Waals surface area contributed by atoms with Crippen molar-refractivity contribution in [3.63, 3.8) is 0 Å². The first-order valence-electron chi connectivity index (χ1n) is 14.0. The van der Waals surface area contributed by atoms with Gasteiger partial charge in [-0.15, -0.1) is 0 Å². The maximum atomic E-state index is 13.6. The van der Waals surface area contributed by atoms with Gasteiger partial charge in [0.2, 0.25) is 5.91 Å². The number of benzene rings is 1. The highest BCUT2D eigenvalue weighted by atomic mass is 16.5. The van der Waals surface area contributed by atoms with Crippen molar-refractivity contribution in [2.45, 2.75) is 84.8 Å². The van der Waals surface area contributed by atoms with Crippen molar-refractivity contribution in [1.29, 1.82) is 5.26 Å². The molecular formula is C30H41N3O6. The van der Waals surface area contributed by atoms with Gasteiger partial charge in [-0.1, -0.05) is 20.8 Å². The average molecular weight is 540 g/mol. The number of methoxy groups -OCH3 is 1. The number of nitrogens with zero attached hydrogens (tertiary/aromatic N) is 1. The predicted molar refractivity (Wildman–Crippen MR) is 144 cm³/mol. The Bertz CT molecular complexity index is 1160. The number of amides is 2. The molecule has 4 atom stereocenters. The molecule has 212 valence electrons. The number of carbonyl (C=O) groups excluding carboxylic acids is 2. The third kappa shape index (κ3) is 6.15. The van der Waals surface area contributed by atoms with Gasteiger partial charge >= 0.3 is 5.97 Å². The zero-order chi connectivity index (χ0) is 28.5. The average Bonchev–Trinajstić information content (AvgIpc) is 3.50. The third-order valence-corrected chi connectivity index (χ3v) is 8.82. The second-order valence-electron chi connectivity index (χ2n) is 13.0. The van der Waals surface area contributed by atoms with Gasteiger partial charge in [-0.05, 0) is 75.2 Å². The van der Waals surface area contributed by atoms with Gasteiger partial charge < -0.3 is 25.2 Å². The standard InChI is InChI=1S/C30H41N3O6/c1-29(2,3)16-32-27(35)24-17-6-7-18(12-17)25(24)33-26(34)21-14-22(19(15-31)13-23(21)38-5)39-20-8-10-30(4,11-9-20)28(36)37/h13-14,17-18,20,24-25H,6-12,16H2,1-5H3,(H,32,35)(H,33,34)(H,36,37)/t17-,18+,20-,24?,25-,30+/m1/s1. The summed E-state index contributed by atoms with van der Waals surface area (Å²) >= 11 is 0. The minimum atomic E-state index is -0.812. The fourth-order valence-corrected chi connectivity index (χ4v) is 6.41. The van der Waals surface area contributed by atoms with Crippen molar-refractivity contribution in [3.8, 4) is 17.6 Å². The number of nitriles is 1. The number of carbonyl (C=O) groups is 3. The van der Waals surface area contributed by atoms with E-state index in [1.165, 1.54) is 13.2 Å². The summed E-state index contributed by atoms with van der Waals surface area (Å²) in [7, 11) is 1.45. The molecule has 3 saturated carbocycles. The highest BCUT2D eigenvalue weighted by Gasteiger charge is 2.51. The van der Waals surface area contributed by atoms with Crippen LogP contribution in [0.3, 0.4) is 0 Å².